The van der Waals surface area contributed by atoms with Gasteiger partial charge in [0.1, 0.15) is 5.84 Å². The molecule has 5 atom stereocenters. The molecule has 10 aliphatic rings. The highest BCUT2D eigenvalue weighted by atomic mass is 15.0. The van der Waals surface area contributed by atoms with E-state index < -0.39 is 0 Å². The minimum atomic E-state index is -0.147. The van der Waals surface area contributed by atoms with Crippen molar-refractivity contribution in [3.63, 3.8) is 0 Å². The summed E-state index contributed by atoms with van der Waals surface area (Å²) in [6, 6.07) is 36.8. The number of hydrogen-bond acceptors (Lipinski definition) is 2. The zero-order valence-corrected chi connectivity index (χ0v) is 38.0. The Labute approximate surface area is 394 Å². The van der Waals surface area contributed by atoms with Crippen molar-refractivity contribution >= 4 is 33.8 Å². The predicted octanol–water partition coefficient (Wildman–Crippen LogP) is 13.3. The first-order chi connectivity index (χ1) is 33.2. The van der Waals surface area contributed by atoms with Crippen molar-refractivity contribution in [2.75, 3.05) is 0 Å². The Balaban J connectivity index is 0.850. The third-order valence-corrected chi connectivity index (χ3v) is 16.6. The smallest absolute Gasteiger partial charge is 0.134 e. The van der Waals surface area contributed by atoms with E-state index in [0.717, 1.165) is 74.9 Å². The molecule has 0 saturated heterocycles. The topological polar surface area (TPSA) is 24.4 Å². The highest BCUT2D eigenvalue weighted by Crippen LogP contribution is 2.66. The van der Waals surface area contributed by atoms with Crippen molar-refractivity contribution in [2.45, 2.75) is 75.2 Å². The molecule has 1 N–H and O–H groups in total. The third-order valence-electron chi connectivity index (χ3n) is 16.6. The summed E-state index contributed by atoms with van der Waals surface area (Å²) in [7, 11) is 0. The molecule has 1 aliphatic heterocycles. The maximum Gasteiger partial charge on any atom is 0.134 e. The fourth-order valence-electron chi connectivity index (χ4n) is 13.8. The van der Waals surface area contributed by atoms with Crippen molar-refractivity contribution in [3.8, 4) is 0 Å². The van der Waals surface area contributed by atoms with Gasteiger partial charge in [0.05, 0.1) is 17.2 Å². The molecule has 0 aromatic heterocycles. The number of allylic oxidation sites excluding steroid dienone is 21. The Hall–Kier alpha value is -7.03. The van der Waals surface area contributed by atoms with Crippen LogP contribution in [0.4, 0.5) is 0 Å². The van der Waals surface area contributed by atoms with E-state index in [2.05, 4.69) is 194 Å². The molecule has 4 aromatic rings. The molecule has 0 saturated carbocycles. The van der Waals surface area contributed by atoms with Gasteiger partial charge in [0.25, 0.3) is 0 Å². The number of nitrogens with one attached hydrogen (secondary N) is 1. The van der Waals surface area contributed by atoms with E-state index in [1.807, 2.05) is 0 Å². The van der Waals surface area contributed by atoms with E-state index in [1.165, 1.54) is 66.1 Å². The summed E-state index contributed by atoms with van der Waals surface area (Å²) in [4.78, 5) is 5.33. The Kier molecular flexibility index (Phi) is 9.08. The van der Waals surface area contributed by atoms with Crippen LogP contribution in [-0.4, -0.2) is 11.9 Å². The Morgan fingerprint density at radius 2 is 1.49 bits per heavy atom. The molecule has 0 radical (unpaired) electrons. The number of rotatable bonds is 5. The average Bonchev–Trinajstić information content (AvgIpc) is 3.88. The van der Waals surface area contributed by atoms with Gasteiger partial charge in [-0.25, -0.2) is 4.99 Å². The van der Waals surface area contributed by atoms with E-state index >= 15 is 0 Å². The van der Waals surface area contributed by atoms with Crippen molar-refractivity contribution in [2.24, 2.45) is 16.8 Å². The van der Waals surface area contributed by atoms with Crippen molar-refractivity contribution in [1.29, 1.82) is 0 Å². The van der Waals surface area contributed by atoms with Gasteiger partial charge in [-0.05, 0) is 176 Å². The van der Waals surface area contributed by atoms with Crippen LogP contribution in [0.15, 0.2) is 227 Å². The highest BCUT2D eigenvalue weighted by molar-refractivity contribution is 6.04. The molecule has 0 amide bonds. The van der Waals surface area contributed by atoms with Crippen LogP contribution in [-0.2, 0) is 5.41 Å². The lowest BCUT2D eigenvalue weighted by Gasteiger charge is -2.40. The lowest BCUT2D eigenvalue weighted by atomic mass is 9.63. The maximum absolute atomic E-state index is 5.33. The first kappa shape index (κ1) is 39.2. The predicted molar refractivity (Wildman–Crippen MR) is 278 cm³/mol. The van der Waals surface area contributed by atoms with Gasteiger partial charge in [-0.2, -0.15) is 0 Å². The molecule has 324 valence electrons. The molecule has 4 aromatic carbocycles. The minimum Gasteiger partial charge on any atom is -0.359 e. The highest BCUT2D eigenvalue weighted by Gasteiger charge is 2.55. The molecule has 67 heavy (non-hydrogen) atoms. The third kappa shape index (κ3) is 5.98. The van der Waals surface area contributed by atoms with Crippen LogP contribution in [0, 0.1) is 11.8 Å². The van der Waals surface area contributed by atoms with E-state index in [0.29, 0.717) is 11.8 Å². The fourth-order valence-corrected chi connectivity index (χ4v) is 13.8. The maximum atomic E-state index is 5.33. The molecule has 14 rings (SSSR count). The lowest BCUT2D eigenvalue weighted by molar-refractivity contribution is 0.458. The summed E-state index contributed by atoms with van der Waals surface area (Å²) in [5.41, 5.74) is 23.8. The van der Waals surface area contributed by atoms with Gasteiger partial charge < -0.3 is 5.32 Å². The number of fused-ring (bicyclic) bond motifs is 12. The van der Waals surface area contributed by atoms with E-state index in [-0.39, 0.29) is 17.4 Å². The first-order valence-electron chi connectivity index (χ1n) is 25.1. The molecule has 1 spiro atoms. The second kappa shape index (κ2) is 15.5. The van der Waals surface area contributed by atoms with Gasteiger partial charge in [-0.15, -0.1) is 0 Å². The van der Waals surface area contributed by atoms with E-state index in [1.54, 1.807) is 27.9 Å². The largest absolute Gasteiger partial charge is 0.359 e. The van der Waals surface area contributed by atoms with Gasteiger partial charge in [0.15, 0.2) is 0 Å². The summed E-state index contributed by atoms with van der Waals surface area (Å²) >= 11 is 0. The number of benzene rings is 4. The second-order valence-corrected chi connectivity index (χ2v) is 20.0. The zero-order valence-electron chi connectivity index (χ0n) is 38.0. The first-order valence-corrected chi connectivity index (χ1v) is 25.1. The van der Waals surface area contributed by atoms with Gasteiger partial charge >= 0.3 is 0 Å². The van der Waals surface area contributed by atoms with Gasteiger partial charge in [-0.1, -0.05) is 164 Å². The quantitative estimate of drug-likeness (QED) is 0.212. The Morgan fingerprint density at radius 3 is 2.40 bits per heavy atom. The van der Waals surface area contributed by atoms with Crippen LogP contribution in [0.2, 0.25) is 0 Å². The van der Waals surface area contributed by atoms with Crippen LogP contribution in [0.3, 0.4) is 0 Å². The van der Waals surface area contributed by atoms with Crippen LogP contribution in [0.25, 0.3) is 28.0 Å². The van der Waals surface area contributed by atoms with E-state index in [4.69, 9.17) is 4.99 Å². The summed E-state index contributed by atoms with van der Waals surface area (Å²) in [6.07, 6.45) is 46.5. The summed E-state index contributed by atoms with van der Waals surface area (Å²) in [6.45, 7) is 0. The van der Waals surface area contributed by atoms with E-state index in [9.17, 15) is 0 Å². The van der Waals surface area contributed by atoms with Crippen molar-refractivity contribution in [1.82, 2.24) is 5.32 Å². The standard InChI is InChI=1S/C65H54N2/c1-3-17-41(18-4-1)61-40-62(67-64(66-61)42-19-5-2-6-20-42)46-22-15-21-45(37-46)47-28-16-29-53-48-23-7-8-24-49(48)55-38-43(33-35-54(55)63(47)53)44-34-36-60-56(39-44)52-27-11-14-32-59(52)65(60)57-30-12-9-25-50(57)51-26-10-13-31-58(51)65/h1-3,5-8,11-12,15-17,19-24,26-27,29-31,33-40,47,54,61,63H,4,9-10,13-14,18,25,28,32H2,(H,66,67). The summed E-state index contributed by atoms with van der Waals surface area (Å²) in [5, 5.41) is 6.55. The zero-order chi connectivity index (χ0) is 44.1. The number of nitrogens with zero attached hydrogens (tertiary/aromatic N) is 1. The minimum absolute atomic E-state index is 0.0974. The molecular formula is C65H54N2. The molecule has 0 fully saturated rings. The Morgan fingerprint density at radius 1 is 0.657 bits per heavy atom. The van der Waals surface area contributed by atoms with Crippen LogP contribution in [0.1, 0.15) is 97.1 Å². The monoisotopic (exact) mass is 862 g/mol. The van der Waals surface area contributed by atoms with Crippen molar-refractivity contribution in [3.05, 3.63) is 265 Å². The molecule has 9 aliphatic carbocycles. The SMILES string of the molecule is C1=CCCC(C2C=C(c3cccc(C4CC=CC5=c6ccccc6=C6C=C(c7ccc8c(c7)C7=C(CCC=C7)C87C8=CCCC=C8C8=C7C=CCC8)C=CC6C54)c3)N=C(c3ccccc3)N2)=C1. The van der Waals surface area contributed by atoms with Crippen LogP contribution >= 0.6 is 0 Å². The van der Waals surface area contributed by atoms with Crippen LogP contribution < -0.4 is 15.8 Å². The Bertz CT molecular complexity index is 3410. The molecule has 2 nitrogen and oxygen atoms in total. The summed E-state index contributed by atoms with van der Waals surface area (Å²) < 4.78 is 0. The fraction of sp³-hybridized carbons (Fsp3) is 0.215. The average molecular weight is 863 g/mol. The molecule has 5 unspecified atom stereocenters. The van der Waals surface area contributed by atoms with Gasteiger partial charge in [-0.3, -0.25) is 0 Å². The van der Waals surface area contributed by atoms with Gasteiger partial charge in [0.2, 0.25) is 0 Å². The number of hydrogen-bond donors (Lipinski definition) is 1. The molecule has 0 bridgehead atoms. The second-order valence-electron chi connectivity index (χ2n) is 20.0. The normalized spacial score (nSPS) is 27.1. The van der Waals surface area contributed by atoms with Gasteiger partial charge in [0, 0.05) is 23.0 Å². The van der Waals surface area contributed by atoms with Crippen LogP contribution in [0.5, 0.6) is 0 Å². The lowest BCUT2D eigenvalue weighted by Crippen LogP contribution is -2.42. The molecular weight excluding hydrogens is 809 g/mol. The number of aliphatic imine (C=N–C) groups is 1. The summed E-state index contributed by atoms with van der Waals surface area (Å²) in [5.74, 6) is 1.84. The molecule has 1 heterocycles. The number of amidine groups is 1. The van der Waals surface area contributed by atoms with Crippen molar-refractivity contribution < 1.29 is 0 Å². The molecule has 2 heteroatoms.